The lowest BCUT2D eigenvalue weighted by molar-refractivity contribution is -0.115. The normalized spacial score (nSPS) is 21.1. The number of hydrogen-bond donors (Lipinski definition) is 1. The van der Waals surface area contributed by atoms with Crippen molar-refractivity contribution in [3.05, 3.63) is 24.5 Å². The second-order valence-corrected chi connectivity index (χ2v) is 3.03. The van der Waals surface area contributed by atoms with Crippen molar-refractivity contribution in [1.82, 2.24) is 4.72 Å². The third kappa shape index (κ3) is 1.81. The molecule has 0 aromatic carbocycles. The second-order valence-electron chi connectivity index (χ2n) is 1.75. The molecule has 1 aliphatic heterocycles. The first-order valence-electron chi connectivity index (χ1n) is 2.64. The molecular formula is C5H5NO4S. The molecule has 0 spiro atoms. The van der Waals surface area contributed by atoms with Gasteiger partial charge in [-0.15, -0.1) is 0 Å². The molecular weight excluding hydrogens is 170 g/mol. The predicted octanol–water partition coefficient (Wildman–Crippen LogP) is -0.552. The quantitative estimate of drug-likeness (QED) is 0.580. The second kappa shape index (κ2) is 2.39. The van der Waals surface area contributed by atoms with Gasteiger partial charge in [0.25, 0.3) is 5.91 Å². The topological polar surface area (TPSA) is 72.5 Å². The first kappa shape index (κ1) is 7.80. The van der Waals surface area contributed by atoms with Gasteiger partial charge in [-0.25, -0.2) is 4.72 Å². The van der Waals surface area contributed by atoms with Crippen LogP contribution in [-0.2, 0) is 19.3 Å². The van der Waals surface area contributed by atoms with E-state index in [4.69, 9.17) is 0 Å². The fraction of sp³-hybridized carbons (Fsp3) is 0. The van der Waals surface area contributed by atoms with E-state index in [1.807, 2.05) is 0 Å². The Hall–Kier alpha value is -1.30. The van der Waals surface area contributed by atoms with Crippen LogP contribution in [0.1, 0.15) is 0 Å². The molecule has 0 aliphatic carbocycles. The first-order valence-corrected chi connectivity index (χ1v) is 4.04. The minimum atomic E-state index is -3.93. The molecule has 0 fully saturated rings. The Balaban J connectivity index is 3.05. The minimum Gasteiger partial charge on any atom is -0.367 e. The van der Waals surface area contributed by atoms with E-state index in [0.717, 1.165) is 12.2 Å². The molecule has 1 N–H and O–H groups in total. The van der Waals surface area contributed by atoms with E-state index in [1.54, 1.807) is 4.72 Å². The van der Waals surface area contributed by atoms with Crippen LogP contribution < -0.4 is 4.72 Å². The Morgan fingerprint density at radius 2 is 2.27 bits per heavy atom. The summed E-state index contributed by atoms with van der Waals surface area (Å²) in [6.45, 7) is 3.25. The summed E-state index contributed by atoms with van der Waals surface area (Å²) in [5.74, 6) is -0.806. The van der Waals surface area contributed by atoms with E-state index in [9.17, 15) is 13.2 Å². The highest BCUT2D eigenvalue weighted by Crippen LogP contribution is 2.07. The van der Waals surface area contributed by atoms with Gasteiger partial charge < -0.3 is 4.18 Å². The molecule has 0 aromatic rings. The molecule has 0 unspecified atom stereocenters. The zero-order valence-electron chi connectivity index (χ0n) is 5.40. The zero-order chi connectivity index (χ0) is 8.48. The monoisotopic (exact) mass is 175 g/mol. The highest BCUT2D eigenvalue weighted by molar-refractivity contribution is 7.85. The molecule has 1 heterocycles. The molecule has 6 heteroatoms. The summed E-state index contributed by atoms with van der Waals surface area (Å²) in [4.78, 5) is 10.6. The van der Waals surface area contributed by atoms with Gasteiger partial charge >= 0.3 is 10.3 Å². The smallest absolute Gasteiger partial charge is 0.367 e. The number of amides is 1. The van der Waals surface area contributed by atoms with Crippen molar-refractivity contribution < 1.29 is 17.4 Å². The van der Waals surface area contributed by atoms with Crippen molar-refractivity contribution in [3.8, 4) is 0 Å². The number of nitrogens with one attached hydrogen (secondary N) is 1. The molecule has 0 saturated carbocycles. The Kier molecular flexibility index (Phi) is 1.69. The van der Waals surface area contributed by atoms with Gasteiger partial charge in [-0.05, 0) is 6.08 Å². The van der Waals surface area contributed by atoms with Gasteiger partial charge in [-0.3, -0.25) is 4.79 Å². The molecule has 1 amide bonds. The van der Waals surface area contributed by atoms with Gasteiger partial charge in [0.2, 0.25) is 0 Å². The lowest BCUT2D eigenvalue weighted by Crippen LogP contribution is -2.34. The van der Waals surface area contributed by atoms with Crippen LogP contribution in [0, 0.1) is 0 Å². The van der Waals surface area contributed by atoms with E-state index < -0.39 is 16.2 Å². The van der Waals surface area contributed by atoms with Crippen molar-refractivity contribution in [1.29, 1.82) is 0 Å². The van der Waals surface area contributed by atoms with Crippen LogP contribution in [0.15, 0.2) is 24.5 Å². The van der Waals surface area contributed by atoms with Gasteiger partial charge in [0.15, 0.2) is 0 Å². The average molecular weight is 175 g/mol. The number of allylic oxidation sites excluding steroid dienone is 1. The van der Waals surface area contributed by atoms with E-state index in [1.165, 1.54) is 0 Å². The minimum absolute atomic E-state index is 0.0752. The van der Waals surface area contributed by atoms with Gasteiger partial charge in [-0.2, -0.15) is 8.42 Å². The number of carbonyl (C=O) groups is 1. The maximum Gasteiger partial charge on any atom is 0.409 e. The summed E-state index contributed by atoms with van der Waals surface area (Å²) in [6, 6.07) is 0. The van der Waals surface area contributed by atoms with E-state index in [2.05, 4.69) is 10.8 Å². The SMILES string of the molecule is C=CC1=CC(=O)NS(=O)(=O)O1. The Morgan fingerprint density at radius 1 is 1.64 bits per heavy atom. The fourth-order valence-electron chi connectivity index (χ4n) is 0.546. The average Bonchev–Trinajstić information content (AvgIpc) is 1.83. The highest BCUT2D eigenvalue weighted by Gasteiger charge is 2.21. The predicted molar refractivity (Wildman–Crippen MR) is 36.4 cm³/mol. The molecule has 11 heavy (non-hydrogen) atoms. The van der Waals surface area contributed by atoms with Crippen molar-refractivity contribution in [3.63, 3.8) is 0 Å². The summed E-state index contributed by atoms with van der Waals surface area (Å²) in [6.07, 6.45) is 2.13. The lowest BCUT2D eigenvalue weighted by atomic mass is 10.4. The number of carbonyl (C=O) groups excluding carboxylic acids is 1. The van der Waals surface area contributed by atoms with Crippen LogP contribution in [0.4, 0.5) is 0 Å². The van der Waals surface area contributed by atoms with Gasteiger partial charge in [-0.1, -0.05) is 6.58 Å². The maximum atomic E-state index is 10.6. The van der Waals surface area contributed by atoms with Crippen LogP contribution >= 0.6 is 0 Å². The molecule has 0 bridgehead atoms. The molecule has 0 atom stereocenters. The van der Waals surface area contributed by atoms with Crippen molar-refractivity contribution in [2.75, 3.05) is 0 Å². The molecule has 5 nitrogen and oxygen atoms in total. The fourth-order valence-corrected chi connectivity index (χ4v) is 1.26. The van der Waals surface area contributed by atoms with Gasteiger partial charge in [0.1, 0.15) is 5.76 Å². The summed E-state index contributed by atoms with van der Waals surface area (Å²) in [5.41, 5.74) is 0. The number of hydrogen-bond acceptors (Lipinski definition) is 4. The third-order valence-corrected chi connectivity index (χ3v) is 1.77. The molecule has 0 aromatic heterocycles. The molecule has 1 aliphatic rings. The van der Waals surface area contributed by atoms with E-state index >= 15 is 0 Å². The summed E-state index contributed by atoms with van der Waals surface area (Å²) in [5, 5.41) is 0. The van der Waals surface area contributed by atoms with Crippen LogP contribution in [-0.4, -0.2) is 14.3 Å². The molecule has 0 radical (unpaired) electrons. The number of rotatable bonds is 1. The summed E-state index contributed by atoms with van der Waals surface area (Å²) < 4.78 is 27.1. The molecule has 60 valence electrons. The van der Waals surface area contributed by atoms with Crippen LogP contribution in [0.2, 0.25) is 0 Å². The first-order chi connectivity index (χ1) is 5.03. The molecule has 0 saturated heterocycles. The largest absolute Gasteiger partial charge is 0.409 e. The summed E-state index contributed by atoms with van der Waals surface area (Å²) in [7, 11) is -3.93. The van der Waals surface area contributed by atoms with Gasteiger partial charge in [0.05, 0.1) is 0 Å². The Morgan fingerprint density at radius 3 is 2.73 bits per heavy atom. The zero-order valence-corrected chi connectivity index (χ0v) is 6.22. The lowest BCUT2D eigenvalue weighted by Gasteiger charge is -2.11. The van der Waals surface area contributed by atoms with Crippen molar-refractivity contribution in [2.24, 2.45) is 0 Å². The highest BCUT2D eigenvalue weighted by atomic mass is 32.2. The molecule has 1 rings (SSSR count). The van der Waals surface area contributed by atoms with E-state index in [0.29, 0.717) is 0 Å². The standard InChI is InChI=1S/C5H5NO4S/c1-2-4-3-5(7)6-11(8,9)10-4/h2-3H,1H2,(H,6,7). The third-order valence-electron chi connectivity index (χ3n) is 0.906. The van der Waals surface area contributed by atoms with Crippen LogP contribution in [0.3, 0.4) is 0 Å². The van der Waals surface area contributed by atoms with E-state index in [-0.39, 0.29) is 5.76 Å². The van der Waals surface area contributed by atoms with Crippen LogP contribution in [0.25, 0.3) is 0 Å². The maximum absolute atomic E-state index is 10.6. The van der Waals surface area contributed by atoms with Crippen molar-refractivity contribution in [2.45, 2.75) is 0 Å². The van der Waals surface area contributed by atoms with Gasteiger partial charge in [0, 0.05) is 6.08 Å². The Labute approximate surface area is 63.6 Å². The van der Waals surface area contributed by atoms with Crippen LogP contribution in [0.5, 0.6) is 0 Å². The Bertz CT molecular complexity index is 326. The summed E-state index contributed by atoms with van der Waals surface area (Å²) >= 11 is 0. The van der Waals surface area contributed by atoms with Crippen molar-refractivity contribution >= 4 is 16.2 Å².